The molecule has 2 aliphatic rings. The second kappa shape index (κ2) is 10.7. The molecule has 1 unspecified atom stereocenters. The summed E-state index contributed by atoms with van der Waals surface area (Å²) in [5, 5.41) is 10.4. The standard InChI is InChI=1S/C23H33N7O3/c1-17(31)28-23(11-4-2-3-5-12-23)21-27-20(33-29-21)10-9-19(32)26-18-8-6-15-30(16-18)22-24-13-7-14-25-22/h7,13-14,18H,2-6,8-12,15-16H2,1H3,(H,26,32)(H,28,31). The summed E-state index contributed by atoms with van der Waals surface area (Å²) in [6.07, 6.45) is 11.9. The van der Waals surface area contributed by atoms with Crippen molar-refractivity contribution in [2.75, 3.05) is 18.0 Å². The second-order valence-corrected chi connectivity index (χ2v) is 9.09. The van der Waals surface area contributed by atoms with Gasteiger partial charge < -0.3 is 20.1 Å². The summed E-state index contributed by atoms with van der Waals surface area (Å²) in [5.74, 6) is 1.52. The van der Waals surface area contributed by atoms with E-state index in [1.54, 1.807) is 18.5 Å². The fourth-order valence-electron chi connectivity index (χ4n) is 4.88. The summed E-state index contributed by atoms with van der Waals surface area (Å²) in [5.41, 5.74) is -0.572. The molecule has 0 aromatic carbocycles. The summed E-state index contributed by atoms with van der Waals surface area (Å²) in [6.45, 7) is 3.10. The SMILES string of the molecule is CC(=O)NC1(c2noc(CCC(=O)NC3CCCN(c4ncccn4)C3)n2)CCCCCC1. The number of hydrogen-bond acceptors (Lipinski definition) is 8. The van der Waals surface area contributed by atoms with Crippen LogP contribution in [-0.4, -0.2) is 51.1 Å². The van der Waals surface area contributed by atoms with E-state index in [1.807, 2.05) is 0 Å². The van der Waals surface area contributed by atoms with Crippen LogP contribution in [0.1, 0.15) is 76.4 Å². The van der Waals surface area contributed by atoms with Crippen LogP contribution in [0.4, 0.5) is 5.95 Å². The van der Waals surface area contributed by atoms with Crippen molar-refractivity contribution in [2.45, 2.75) is 82.7 Å². The normalized spacial score (nSPS) is 20.6. The Hall–Kier alpha value is -3.04. The fraction of sp³-hybridized carbons (Fsp3) is 0.652. The zero-order chi connectivity index (χ0) is 23.1. The Bertz CT molecular complexity index is 925. The van der Waals surface area contributed by atoms with Gasteiger partial charge in [0.1, 0.15) is 5.54 Å². The van der Waals surface area contributed by atoms with Gasteiger partial charge in [0.2, 0.25) is 23.7 Å². The summed E-state index contributed by atoms with van der Waals surface area (Å²) in [4.78, 5) is 39.7. The summed E-state index contributed by atoms with van der Waals surface area (Å²) in [7, 11) is 0. The highest BCUT2D eigenvalue weighted by atomic mass is 16.5. The second-order valence-electron chi connectivity index (χ2n) is 9.09. The fourth-order valence-corrected chi connectivity index (χ4v) is 4.88. The number of aryl methyl sites for hydroxylation is 1. The van der Waals surface area contributed by atoms with E-state index in [0.717, 1.165) is 57.9 Å². The molecule has 2 aromatic rings. The maximum Gasteiger partial charge on any atom is 0.227 e. The van der Waals surface area contributed by atoms with E-state index in [1.165, 1.54) is 6.92 Å². The quantitative estimate of drug-likeness (QED) is 0.609. The Kier molecular flexibility index (Phi) is 7.51. The lowest BCUT2D eigenvalue weighted by Crippen LogP contribution is -2.48. The van der Waals surface area contributed by atoms with Crippen molar-refractivity contribution in [1.29, 1.82) is 0 Å². The summed E-state index contributed by atoms with van der Waals surface area (Å²) >= 11 is 0. The molecule has 0 spiro atoms. The van der Waals surface area contributed by atoms with Gasteiger partial charge in [-0.25, -0.2) is 9.97 Å². The van der Waals surface area contributed by atoms with E-state index in [0.29, 0.717) is 30.6 Å². The third-order valence-corrected chi connectivity index (χ3v) is 6.46. The molecule has 2 fully saturated rings. The Morgan fingerprint density at radius 3 is 2.64 bits per heavy atom. The monoisotopic (exact) mass is 455 g/mol. The Labute approximate surface area is 193 Å². The third kappa shape index (κ3) is 6.06. The van der Waals surface area contributed by atoms with Crippen LogP contribution >= 0.6 is 0 Å². The predicted octanol–water partition coefficient (Wildman–Crippen LogP) is 2.26. The summed E-state index contributed by atoms with van der Waals surface area (Å²) < 4.78 is 5.46. The zero-order valence-electron chi connectivity index (χ0n) is 19.3. The van der Waals surface area contributed by atoms with Gasteiger partial charge in [-0.1, -0.05) is 30.8 Å². The van der Waals surface area contributed by atoms with Gasteiger partial charge in [-0.05, 0) is 31.7 Å². The lowest BCUT2D eigenvalue weighted by Gasteiger charge is -2.33. The molecular formula is C23H33N7O3. The molecule has 1 aliphatic carbocycles. The van der Waals surface area contributed by atoms with E-state index in [2.05, 4.69) is 35.6 Å². The number of nitrogens with one attached hydrogen (secondary N) is 2. The molecule has 2 amide bonds. The number of piperidine rings is 1. The van der Waals surface area contributed by atoms with Gasteiger partial charge in [0.05, 0.1) is 0 Å². The highest BCUT2D eigenvalue weighted by Crippen LogP contribution is 2.34. The van der Waals surface area contributed by atoms with Gasteiger partial charge in [-0.2, -0.15) is 4.98 Å². The number of nitrogens with zero attached hydrogens (tertiary/aromatic N) is 5. The minimum absolute atomic E-state index is 0.0402. The molecule has 2 aromatic heterocycles. The van der Waals surface area contributed by atoms with E-state index in [4.69, 9.17) is 4.52 Å². The molecule has 4 rings (SSSR count). The van der Waals surface area contributed by atoms with E-state index >= 15 is 0 Å². The molecule has 2 N–H and O–H groups in total. The van der Waals surface area contributed by atoms with Crippen molar-refractivity contribution in [3.8, 4) is 0 Å². The van der Waals surface area contributed by atoms with E-state index < -0.39 is 5.54 Å². The molecule has 178 valence electrons. The van der Waals surface area contributed by atoms with E-state index in [-0.39, 0.29) is 24.3 Å². The predicted molar refractivity (Wildman–Crippen MR) is 121 cm³/mol. The highest BCUT2D eigenvalue weighted by Gasteiger charge is 2.38. The van der Waals surface area contributed by atoms with Crippen LogP contribution in [0.3, 0.4) is 0 Å². The lowest BCUT2D eigenvalue weighted by atomic mass is 9.89. The first-order valence-electron chi connectivity index (χ1n) is 12.0. The van der Waals surface area contributed by atoms with Crippen LogP contribution < -0.4 is 15.5 Å². The first-order chi connectivity index (χ1) is 16.0. The van der Waals surface area contributed by atoms with Gasteiger partial charge in [-0.3, -0.25) is 9.59 Å². The molecule has 3 heterocycles. The van der Waals surface area contributed by atoms with Gasteiger partial charge in [0, 0.05) is 51.3 Å². The largest absolute Gasteiger partial charge is 0.352 e. The van der Waals surface area contributed by atoms with Crippen LogP contribution in [0.25, 0.3) is 0 Å². The van der Waals surface area contributed by atoms with Crippen LogP contribution in [-0.2, 0) is 21.5 Å². The maximum atomic E-state index is 12.6. The van der Waals surface area contributed by atoms with Gasteiger partial charge >= 0.3 is 0 Å². The van der Waals surface area contributed by atoms with Gasteiger partial charge in [0.25, 0.3) is 0 Å². The van der Waals surface area contributed by atoms with Crippen molar-refractivity contribution in [3.05, 3.63) is 30.2 Å². The Balaban J connectivity index is 1.31. The van der Waals surface area contributed by atoms with Crippen LogP contribution in [0.15, 0.2) is 23.0 Å². The van der Waals surface area contributed by atoms with E-state index in [9.17, 15) is 9.59 Å². The van der Waals surface area contributed by atoms with Crippen LogP contribution in [0.2, 0.25) is 0 Å². The topological polar surface area (TPSA) is 126 Å². The molecule has 0 bridgehead atoms. The van der Waals surface area contributed by atoms with Crippen molar-refractivity contribution >= 4 is 17.8 Å². The summed E-state index contributed by atoms with van der Waals surface area (Å²) in [6, 6.07) is 1.85. The van der Waals surface area contributed by atoms with Crippen molar-refractivity contribution < 1.29 is 14.1 Å². The minimum atomic E-state index is -0.572. The molecular weight excluding hydrogens is 422 g/mol. The zero-order valence-corrected chi connectivity index (χ0v) is 19.3. The average Bonchev–Trinajstić information content (AvgIpc) is 3.18. The van der Waals surface area contributed by atoms with Crippen LogP contribution in [0.5, 0.6) is 0 Å². The average molecular weight is 456 g/mol. The molecule has 10 heteroatoms. The third-order valence-electron chi connectivity index (χ3n) is 6.46. The number of rotatable bonds is 7. The highest BCUT2D eigenvalue weighted by molar-refractivity contribution is 5.76. The van der Waals surface area contributed by atoms with Crippen molar-refractivity contribution in [3.63, 3.8) is 0 Å². The van der Waals surface area contributed by atoms with Gasteiger partial charge in [0.15, 0.2) is 5.82 Å². The molecule has 1 atom stereocenters. The number of aromatic nitrogens is 4. The number of hydrogen-bond donors (Lipinski definition) is 2. The van der Waals surface area contributed by atoms with Gasteiger partial charge in [-0.15, -0.1) is 0 Å². The first kappa shape index (κ1) is 23.1. The molecule has 1 saturated carbocycles. The Morgan fingerprint density at radius 1 is 1.15 bits per heavy atom. The molecule has 1 saturated heterocycles. The maximum absolute atomic E-state index is 12.6. The number of carbonyl (C=O) groups excluding carboxylic acids is 2. The Morgan fingerprint density at radius 2 is 1.91 bits per heavy atom. The molecule has 1 aliphatic heterocycles. The minimum Gasteiger partial charge on any atom is -0.352 e. The lowest BCUT2D eigenvalue weighted by molar-refractivity contribution is -0.122. The van der Waals surface area contributed by atoms with Crippen LogP contribution in [0, 0.1) is 0 Å². The molecule has 0 radical (unpaired) electrons. The molecule has 33 heavy (non-hydrogen) atoms. The van der Waals surface area contributed by atoms with Crippen molar-refractivity contribution in [1.82, 2.24) is 30.7 Å². The number of carbonyl (C=O) groups is 2. The smallest absolute Gasteiger partial charge is 0.227 e. The number of amides is 2. The first-order valence-corrected chi connectivity index (χ1v) is 12.0. The van der Waals surface area contributed by atoms with Crippen molar-refractivity contribution in [2.24, 2.45) is 0 Å². The number of anilines is 1. The molecule has 10 nitrogen and oxygen atoms in total.